The van der Waals surface area contributed by atoms with Crippen molar-refractivity contribution >= 4 is 17.6 Å². The van der Waals surface area contributed by atoms with Crippen molar-refractivity contribution in [1.82, 2.24) is 0 Å². The second-order valence-electron chi connectivity index (χ2n) is 1.78. The van der Waals surface area contributed by atoms with Crippen LogP contribution in [0.4, 0.5) is 0 Å². The molecule has 1 heterocycles. The lowest BCUT2D eigenvalue weighted by Crippen LogP contribution is -1.70. The third kappa shape index (κ3) is 2.19. The van der Waals surface area contributed by atoms with Gasteiger partial charge in [-0.3, -0.25) is 4.79 Å². The van der Waals surface area contributed by atoms with E-state index in [-0.39, 0.29) is 6.61 Å². The quantitative estimate of drug-likeness (QED) is 0.497. The number of carbonyl (C=O) groups excluding carboxylic acids is 1. The van der Waals surface area contributed by atoms with Gasteiger partial charge in [-0.25, -0.2) is 0 Å². The van der Waals surface area contributed by atoms with Gasteiger partial charge in [0.2, 0.25) is 0 Å². The smallest absolute Gasteiger partial charge is 0.160 e. The molecule has 11 heavy (non-hydrogen) atoms. The largest absolute Gasteiger partial charge is 0.384 e. The number of aldehydes is 1. The summed E-state index contributed by atoms with van der Waals surface area (Å²) in [7, 11) is 0. The zero-order chi connectivity index (χ0) is 8.10. The molecule has 0 bridgehead atoms. The van der Waals surface area contributed by atoms with Gasteiger partial charge < -0.3 is 5.11 Å². The highest BCUT2D eigenvalue weighted by Gasteiger charge is 1.93. The molecular weight excluding hydrogens is 160 g/mol. The highest BCUT2D eigenvalue weighted by atomic mass is 32.1. The van der Waals surface area contributed by atoms with E-state index < -0.39 is 0 Å². The fraction of sp³-hybridized carbons (Fsp3) is 0.125. The Morgan fingerprint density at radius 1 is 1.64 bits per heavy atom. The third-order valence-corrected chi connectivity index (χ3v) is 1.96. The Balaban J connectivity index is 2.80. The van der Waals surface area contributed by atoms with Crippen LogP contribution in [0, 0.1) is 11.8 Å². The number of aliphatic hydroxyl groups excluding tert-OH is 1. The molecule has 3 heteroatoms. The first-order valence-corrected chi connectivity index (χ1v) is 3.83. The number of hydrogen-bond donors (Lipinski definition) is 1. The summed E-state index contributed by atoms with van der Waals surface area (Å²) < 4.78 is 0. The number of carbonyl (C=O) groups is 1. The zero-order valence-corrected chi connectivity index (χ0v) is 6.52. The van der Waals surface area contributed by atoms with Crippen molar-refractivity contribution in [2.24, 2.45) is 0 Å². The normalized spacial score (nSPS) is 8.45. The molecule has 0 aliphatic heterocycles. The van der Waals surface area contributed by atoms with E-state index in [1.165, 1.54) is 11.3 Å². The van der Waals surface area contributed by atoms with Crippen molar-refractivity contribution in [2.75, 3.05) is 6.61 Å². The number of aliphatic hydroxyl groups is 1. The monoisotopic (exact) mass is 166 g/mol. The lowest BCUT2D eigenvalue weighted by atomic mass is 10.4. The van der Waals surface area contributed by atoms with Crippen LogP contribution in [0.2, 0.25) is 0 Å². The molecule has 0 spiro atoms. The van der Waals surface area contributed by atoms with Gasteiger partial charge in [-0.1, -0.05) is 11.8 Å². The van der Waals surface area contributed by atoms with Crippen molar-refractivity contribution in [3.8, 4) is 11.8 Å². The first-order chi connectivity index (χ1) is 5.36. The molecule has 0 saturated carbocycles. The molecule has 1 rings (SSSR count). The van der Waals surface area contributed by atoms with Gasteiger partial charge in [0.05, 0.1) is 9.75 Å². The molecule has 0 fully saturated rings. The fourth-order valence-corrected chi connectivity index (χ4v) is 1.31. The molecule has 0 aliphatic rings. The van der Waals surface area contributed by atoms with Crippen molar-refractivity contribution in [3.63, 3.8) is 0 Å². The minimum Gasteiger partial charge on any atom is -0.384 e. The SMILES string of the molecule is O=Cc1ccc(C#CCO)s1. The highest BCUT2D eigenvalue weighted by Crippen LogP contribution is 2.12. The molecular formula is C8H6O2S. The molecule has 1 aromatic rings. The Labute approximate surface area is 68.5 Å². The number of rotatable bonds is 1. The zero-order valence-electron chi connectivity index (χ0n) is 5.70. The maximum atomic E-state index is 10.2. The van der Waals surface area contributed by atoms with Crippen LogP contribution >= 0.6 is 11.3 Å². The number of thiophene rings is 1. The standard InChI is InChI=1S/C8H6O2S/c9-5-1-2-7-3-4-8(6-10)11-7/h3-4,6,9H,5H2. The summed E-state index contributed by atoms with van der Waals surface area (Å²) in [6.45, 7) is -0.145. The van der Waals surface area contributed by atoms with Gasteiger partial charge in [-0.2, -0.15) is 0 Å². The van der Waals surface area contributed by atoms with Crippen LogP contribution in [0.25, 0.3) is 0 Å². The molecule has 0 amide bonds. The summed E-state index contributed by atoms with van der Waals surface area (Å²) in [5, 5.41) is 8.35. The van der Waals surface area contributed by atoms with E-state index in [2.05, 4.69) is 11.8 Å². The van der Waals surface area contributed by atoms with Gasteiger partial charge in [0.15, 0.2) is 6.29 Å². The van der Waals surface area contributed by atoms with E-state index in [9.17, 15) is 4.79 Å². The fourth-order valence-electron chi connectivity index (χ4n) is 0.610. The van der Waals surface area contributed by atoms with Gasteiger partial charge in [0.1, 0.15) is 6.61 Å². The molecule has 0 radical (unpaired) electrons. The Bertz CT molecular complexity index is 303. The predicted molar refractivity (Wildman–Crippen MR) is 43.7 cm³/mol. The topological polar surface area (TPSA) is 37.3 Å². The van der Waals surface area contributed by atoms with Crippen LogP contribution in [-0.4, -0.2) is 18.0 Å². The second-order valence-corrected chi connectivity index (χ2v) is 2.90. The molecule has 1 aromatic heterocycles. The summed E-state index contributed by atoms with van der Waals surface area (Å²) >= 11 is 1.32. The minimum absolute atomic E-state index is 0.145. The minimum atomic E-state index is -0.145. The van der Waals surface area contributed by atoms with E-state index in [4.69, 9.17) is 5.11 Å². The molecule has 0 unspecified atom stereocenters. The molecule has 0 atom stereocenters. The average Bonchev–Trinajstić information content (AvgIpc) is 2.48. The molecule has 56 valence electrons. The van der Waals surface area contributed by atoms with Crippen LogP contribution in [0.1, 0.15) is 14.5 Å². The van der Waals surface area contributed by atoms with E-state index >= 15 is 0 Å². The van der Waals surface area contributed by atoms with E-state index in [0.29, 0.717) is 4.88 Å². The van der Waals surface area contributed by atoms with Crippen molar-refractivity contribution in [3.05, 3.63) is 21.9 Å². The van der Waals surface area contributed by atoms with Crippen molar-refractivity contribution in [1.29, 1.82) is 0 Å². The molecule has 2 nitrogen and oxygen atoms in total. The maximum Gasteiger partial charge on any atom is 0.160 e. The summed E-state index contributed by atoms with van der Waals surface area (Å²) in [6.07, 6.45) is 0.787. The molecule has 0 aromatic carbocycles. The number of hydrogen-bond acceptors (Lipinski definition) is 3. The van der Waals surface area contributed by atoms with Crippen molar-refractivity contribution < 1.29 is 9.90 Å². The first-order valence-electron chi connectivity index (χ1n) is 3.01. The van der Waals surface area contributed by atoms with Gasteiger partial charge in [0.25, 0.3) is 0 Å². The summed E-state index contributed by atoms with van der Waals surface area (Å²) in [5.74, 6) is 5.21. The van der Waals surface area contributed by atoms with Crippen molar-refractivity contribution in [2.45, 2.75) is 0 Å². The third-order valence-electron chi connectivity index (χ3n) is 1.03. The van der Waals surface area contributed by atoms with E-state index in [1.807, 2.05) is 0 Å². The van der Waals surface area contributed by atoms with Crippen LogP contribution in [-0.2, 0) is 0 Å². The molecule has 0 aliphatic carbocycles. The van der Waals surface area contributed by atoms with Gasteiger partial charge in [-0.05, 0) is 12.1 Å². The van der Waals surface area contributed by atoms with Gasteiger partial charge in [-0.15, -0.1) is 11.3 Å². The summed E-state index contributed by atoms with van der Waals surface area (Å²) in [4.78, 5) is 11.7. The second kappa shape index (κ2) is 3.91. The Morgan fingerprint density at radius 2 is 2.45 bits per heavy atom. The maximum absolute atomic E-state index is 10.2. The molecule has 1 N–H and O–H groups in total. The average molecular weight is 166 g/mol. The Kier molecular flexibility index (Phi) is 2.84. The lowest BCUT2D eigenvalue weighted by molar-refractivity contribution is 0.112. The van der Waals surface area contributed by atoms with Crippen LogP contribution in [0.5, 0.6) is 0 Å². The summed E-state index contributed by atoms with van der Waals surface area (Å²) in [6, 6.07) is 3.47. The van der Waals surface area contributed by atoms with E-state index in [0.717, 1.165) is 11.2 Å². The summed E-state index contributed by atoms with van der Waals surface area (Å²) in [5.41, 5.74) is 0. The highest BCUT2D eigenvalue weighted by molar-refractivity contribution is 7.14. The first kappa shape index (κ1) is 7.99. The van der Waals surface area contributed by atoms with Gasteiger partial charge >= 0.3 is 0 Å². The van der Waals surface area contributed by atoms with E-state index in [1.54, 1.807) is 12.1 Å². The predicted octanol–water partition coefficient (Wildman–Crippen LogP) is 0.904. The van der Waals surface area contributed by atoms with Crippen LogP contribution in [0.15, 0.2) is 12.1 Å². The lowest BCUT2D eigenvalue weighted by Gasteiger charge is -1.74. The van der Waals surface area contributed by atoms with Crippen LogP contribution < -0.4 is 0 Å². The van der Waals surface area contributed by atoms with Gasteiger partial charge in [0, 0.05) is 0 Å². The van der Waals surface area contributed by atoms with Crippen LogP contribution in [0.3, 0.4) is 0 Å². The Morgan fingerprint density at radius 3 is 3.00 bits per heavy atom. The molecule has 0 saturated heterocycles. The Hall–Kier alpha value is -1.11.